The van der Waals surface area contributed by atoms with E-state index in [-0.39, 0.29) is 36.7 Å². The summed E-state index contributed by atoms with van der Waals surface area (Å²) >= 11 is 0.227. The van der Waals surface area contributed by atoms with Gasteiger partial charge in [0.2, 0.25) is 0 Å². The molecule has 0 aromatic rings. The van der Waals surface area contributed by atoms with Gasteiger partial charge in [-0.3, -0.25) is 0 Å². The van der Waals surface area contributed by atoms with Gasteiger partial charge in [0.25, 0.3) is 0 Å². The van der Waals surface area contributed by atoms with Crippen molar-refractivity contribution in [2.24, 2.45) is 0 Å². The van der Waals surface area contributed by atoms with E-state index in [0.717, 1.165) is 19.3 Å². The zero-order valence-electron chi connectivity index (χ0n) is 17.1. The fraction of sp³-hybridized carbons (Fsp3) is 0.905. The van der Waals surface area contributed by atoms with Crippen molar-refractivity contribution in [1.29, 1.82) is 0 Å². The van der Waals surface area contributed by atoms with Crippen molar-refractivity contribution in [3.8, 4) is 0 Å². The molecule has 0 saturated carbocycles. The minimum atomic E-state index is -1.72. The SMILES string of the molecule is CCCCCCCCCCCCCCCCCC(=O)C(C)(O)[C](=O)[Na]. The molecule has 0 amide bonds. The van der Waals surface area contributed by atoms with Crippen LogP contribution in [0.25, 0.3) is 0 Å². The standard InChI is InChI=1S/C21H39O3.Na/c1-3-4-5-6-7-8-9-10-11-12-13-14-15-16-17-18-20(23)21(2,24)19-22;/h24H,3-18H2,1-2H3;. The summed E-state index contributed by atoms with van der Waals surface area (Å²) in [5, 5.41) is 9.81. The number of unbranched alkanes of at least 4 members (excludes halogenated alkanes) is 14. The normalized spacial score (nSPS) is 13.6. The van der Waals surface area contributed by atoms with Crippen LogP contribution < -0.4 is 0 Å². The van der Waals surface area contributed by atoms with Crippen molar-refractivity contribution >= 4 is 36.7 Å². The van der Waals surface area contributed by atoms with E-state index in [1.165, 1.54) is 84.0 Å². The Morgan fingerprint density at radius 3 is 1.36 bits per heavy atom. The van der Waals surface area contributed by atoms with Gasteiger partial charge in [-0.25, -0.2) is 0 Å². The maximum absolute atomic E-state index is 11.8. The first-order chi connectivity index (χ1) is 11.9. The molecule has 4 heteroatoms. The Morgan fingerprint density at radius 2 is 1.04 bits per heavy atom. The van der Waals surface area contributed by atoms with Crippen molar-refractivity contribution in [3.63, 3.8) is 0 Å². The Labute approximate surface area is 173 Å². The van der Waals surface area contributed by atoms with Gasteiger partial charge in [-0.15, -0.1) is 0 Å². The molecule has 0 radical (unpaired) electrons. The number of hydrogen-bond donors (Lipinski definition) is 1. The van der Waals surface area contributed by atoms with Gasteiger partial charge in [0.05, 0.1) is 0 Å². The zero-order valence-corrected chi connectivity index (χ0v) is 19.1. The van der Waals surface area contributed by atoms with Crippen LogP contribution in [-0.2, 0) is 9.59 Å². The third-order valence-corrected chi connectivity index (χ3v) is 6.21. The van der Waals surface area contributed by atoms with Crippen LogP contribution in [0.2, 0.25) is 0 Å². The number of carbonyl (C=O) groups is 2. The molecule has 142 valence electrons. The van der Waals surface area contributed by atoms with Crippen LogP contribution in [0.3, 0.4) is 0 Å². The van der Waals surface area contributed by atoms with Crippen LogP contribution in [0.4, 0.5) is 0 Å². The van der Waals surface area contributed by atoms with Gasteiger partial charge in [0, 0.05) is 0 Å². The Morgan fingerprint density at radius 1 is 0.720 bits per heavy atom. The van der Waals surface area contributed by atoms with Crippen molar-refractivity contribution in [1.82, 2.24) is 0 Å². The van der Waals surface area contributed by atoms with Gasteiger partial charge in [0.15, 0.2) is 0 Å². The van der Waals surface area contributed by atoms with Crippen molar-refractivity contribution < 1.29 is 14.7 Å². The Hall–Kier alpha value is 0.300. The summed E-state index contributed by atoms with van der Waals surface area (Å²) in [5.41, 5.74) is -1.72. The molecular formula is C21H39NaO3. The summed E-state index contributed by atoms with van der Waals surface area (Å²) in [4.78, 5) is 23.0. The number of rotatable bonds is 18. The molecule has 25 heavy (non-hydrogen) atoms. The average Bonchev–Trinajstić information content (AvgIpc) is 2.57. The first kappa shape index (κ1) is 25.3. The molecule has 0 aliphatic carbocycles. The fourth-order valence-corrected chi connectivity index (χ4v) is 3.38. The predicted molar refractivity (Wildman–Crippen MR) is 106 cm³/mol. The average molecular weight is 363 g/mol. The molecular weight excluding hydrogens is 323 g/mol. The summed E-state index contributed by atoms with van der Waals surface area (Å²) in [6.45, 7) is 3.61. The fourth-order valence-electron chi connectivity index (χ4n) is 3.10. The van der Waals surface area contributed by atoms with E-state index in [4.69, 9.17) is 0 Å². The summed E-state index contributed by atoms with van der Waals surface area (Å²) in [6, 6.07) is 0. The second kappa shape index (κ2) is 16.5. The first-order valence-electron chi connectivity index (χ1n) is 10.7. The van der Waals surface area contributed by atoms with Gasteiger partial charge >= 0.3 is 122 Å². The van der Waals surface area contributed by atoms with Crippen molar-refractivity contribution in [2.75, 3.05) is 0 Å². The summed E-state index contributed by atoms with van der Waals surface area (Å²) in [7, 11) is 0. The first-order valence-corrected chi connectivity index (χ1v) is 11.7. The predicted octanol–water partition coefficient (Wildman–Crippen LogP) is 5.26. The Balaban J connectivity index is 3.29. The van der Waals surface area contributed by atoms with E-state index < -0.39 is 5.60 Å². The van der Waals surface area contributed by atoms with Crippen molar-refractivity contribution in [2.45, 2.75) is 122 Å². The number of carbonyl (C=O) groups excluding carboxylic acids is 2. The molecule has 0 heterocycles. The van der Waals surface area contributed by atoms with Crippen LogP contribution in [-0.4, -0.2) is 47.5 Å². The molecule has 0 fully saturated rings. The number of Topliss-reactive ketones (excluding diaryl/α,β-unsaturated/α-hetero) is 1. The number of hydrogen-bond acceptors (Lipinski definition) is 3. The third-order valence-electron chi connectivity index (χ3n) is 5.24. The van der Waals surface area contributed by atoms with Crippen LogP contribution >= 0.6 is 0 Å². The second-order valence-electron chi connectivity index (χ2n) is 7.75. The van der Waals surface area contributed by atoms with E-state index in [9.17, 15) is 14.7 Å². The van der Waals surface area contributed by atoms with Gasteiger partial charge in [-0.2, -0.15) is 0 Å². The van der Waals surface area contributed by atoms with Gasteiger partial charge in [-0.05, 0) is 0 Å². The molecule has 0 saturated heterocycles. The van der Waals surface area contributed by atoms with Crippen LogP contribution in [0.1, 0.15) is 117 Å². The molecule has 0 spiro atoms. The monoisotopic (exact) mass is 362 g/mol. The molecule has 3 nitrogen and oxygen atoms in total. The molecule has 0 aromatic heterocycles. The minimum absolute atomic E-state index is 0.227. The molecule has 1 N–H and O–H groups in total. The summed E-state index contributed by atoms with van der Waals surface area (Å²) in [6.07, 6.45) is 19.7. The van der Waals surface area contributed by atoms with E-state index in [2.05, 4.69) is 6.92 Å². The molecule has 0 aliphatic rings. The van der Waals surface area contributed by atoms with Gasteiger partial charge in [0.1, 0.15) is 0 Å². The zero-order chi connectivity index (χ0) is 19.0. The second-order valence-corrected chi connectivity index (χ2v) is 8.66. The van der Waals surface area contributed by atoms with E-state index >= 15 is 0 Å². The van der Waals surface area contributed by atoms with Crippen LogP contribution in [0, 0.1) is 0 Å². The van der Waals surface area contributed by atoms with Crippen LogP contribution in [0.5, 0.6) is 0 Å². The van der Waals surface area contributed by atoms with E-state index in [0.29, 0.717) is 6.42 Å². The third kappa shape index (κ3) is 14.1. The Kier molecular flexibility index (Phi) is 16.7. The van der Waals surface area contributed by atoms with Gasteiger partial charge in [-0.1, -0.05) is 51.9 Å². The van der Waals surface area contributed by atoms with Crippen LogP contribution in [0.15, 0.2) is 0 Å². The molecule has 0 rings (SSSR count). The molecule has 1 atom stereocenters. The maximum atomic E-state index is 11.8. The molecule has 1 unspecified atom stereocenters. The number of aliphatic hydroxyl groups is 1. The van der Waals surface area contributed by atoms with E-state index in [1.54, 1.807) is 0 Å². The molecule has 0 aliphatic heterocycles. The summed E-state index contributed by atoms with van der Waals surface area (Å²) in [5.74, 6) is -0.304. The van der Waals surface area contributed by atoms with E-state index in [1.807, 2.05) is 0 Å². The molecule has 0 aromatic carbocycles. The van der Waals surface area contributed by atoms with Crippen molar-refractivity contribution in [3.05, 3.63) is 0 Å². The number of ketones is 1. The molecule has 0 bridgehead atoms. The topological polar surface area (TPSA) is 54.4 Å². The quantitative estimate of drug-likeness (QED) is 0.205. The Bertz CT molecular complexity index is 353. The summed E-state index contributed by atoms with van der Waals surface area (Å²) < 4.78 is -0.321. The van der Waals surface area contributed by atoms with Gasteiger partial charge < -0.3 is 0 Å².